The monoisotopic (exact) mass is 454 g/mol. The third-order valence-corrected chi connectivity index (χ3v) is 5.94. The second-order valence-corrected chi connectivity index (χ2v) is 9.17. The number of nitrogens with one attached hydrogen (secondary N) is 1. The highest BCUT2D eigenvalue weighted by Gasteiger charge is 2.25. The molecule has 170 valence electrons. The van der Waals surface area contributed by atoms with Gasteiger partial charge in [0.1, 0.15) is 11.5 Å². The van der Waals surface area contributed by atoms with Crippen LogP contribution >= 0.6 is 11.8 Å². The van der Waals surface area contributed by atoms with Crippen LogP contribution in [-0.2, 0) is 4.79 Å². The number of nitrogens with zero attached hydrogens (tertiary/aromatic N) is 3. The zero-order valence-corrected chi connectivity index (χ0v) is 20.1. The summed E-state index contributed by atoms with van der Waals surface area (Å²) >= 11 is 1.38. The first-order valence-electron chi connectivity index (χ1n) is 10.6. The van der Waals surface area contributed by atoms with E-state index in [4.69, 9.17) is 9.47 Å². The summed E-state index contributed by atoms with van der Waals surface area (Å²) in [5.41, 5.74) is 1.88. The zero-order valence-electron chi connectivity index (χ0n) is 19.3. The van der Waals surface area contributed by atoms with Crippen LogP contribution in [0.2, 0.25) is 0 Å². The van der Waals surface area contributed by atoms with Gasteiger partial charge in [0.2, 0.25) is 5.91 Å². The summed E-state index contributed by atoms with van der Waals surface area (Å²) in [5, 5.41) is 12.1. The van der Waals surface area contributed by atoms with Crippen molar-refractivity contribution in [2.24, 2.45) is 0 Å². The minimum Gasteiger partial charge on any atom is -0.497 e. The molecule has 32 heavy (non-hydrogen) atoms. The lowest BCUT2D eigenvalue weighted by Crippen LogP contribution is -2.23. The van der Waals surface area contributed by atoms with Crippen LogP contribution in [0.25, 0.3) is 0 Å². The lowest BCUT2D eigenvalue weighted by molar-refractivity contribution is -0.115. The van der Waals surface area contributed by atoms with Crippen LogP contribution < -0.4 is 14.8 Å². The van der Waals surface area contributed by atoms with Gasteiger partial charge in [-0.05, 0) is 76.6 Å². The molecule has 2 unspecified atom stereocenters. The normalized spacial score (nSPS) is 13.0. The summed E-state index contributed by atoms with van der Waals surface area (Å²) in [5.74, 6) is 2.12. The summed E-state index contributed by atoms with van der Waals surface area (Å²) in [4.78, 5) is 12.7. The summed E-state index contributed by atoms with van der Waals surface area (Å²) in [6.45, 7) is 9.93. The van der Waals surface area contributed by atoms with Crippen LogP contribution in [0.1, 0.15) is 51.2 Å². The van der Waals surface area contributed by atoms with Crippen molar-refractivity contribution >= 4 is 23.4 Å². The van der Waals surface area contributed by atoms with Crippen molar-refractivity contribution < 1.29 is 14.3 Å². The first-order valence-corrected chi connectivity index (χ1v) is 11.5. The van der Waals surface area contributed by atoms with Crippen molar-refractivity contribution in [2.75, 3.05) is 12.4 Å². The minimum atomic E-state index is -0.345. The Morgan fingerprint density at radius 3 is 2.34 bits per heavy atom. The molecule has 3 aromatic rings. The number of methoxy groups -OCH3 is 1. The van der Waals surface area contributed by atoms with Crippen LogP contribution in [0.3, 0.4) is 0 Å². The molecule has 0 aliphatic carbocycles. The molecule has 8 heteroatoms. The topological polar surface area (TPSA) is 78.3 Å². The van der Waals surface area contributed by atoms with E-state index in [1.165, 1.54) is 11.8 Å². The maximum atomic E-state index is 12.7. The van der Waals surface area contributed by atoms with Crippen LogP contribution in [-0.4, -0.2) is 33.0 Å². The Labute approximate surface area is 193 Å². The molecule has 0 saturated heterocycles. The van der Waals surface area contributed by atoms with Gasteiger partial charge in [0.25, 0.3) is 0 Å². The molecule has 1 N–H and O–H groups in total. The molecule has 1 heterocycles. The van der Waals surface area contributed by atoms with Crippen molar-refractivity contribution in [2.45, 2.75) is 57.2 Å². The van der Waals surface area contributed by atoms with Gasteiger partial charge in [-0.1, -0.05) is 23.9 Å². The van der Waals surface area contributed by atoms with Gasteiger partial charge in [-0.3, -0.25) is 4.79 Å². The Kier molecular flexibility index (Phi) is 7.80. The van der Waals surface area contributed by atoms with Gasteiger partial charge in [-0.15, -0.1) is 10.2 Å². The standard InChI is InChI=1S/C24H30N4O3S/c1-15(2)28-22(17(4)31-21-12-10-20(30-6)11-13-21)26-27-24(28)32-18(5)23(29)25-19-9-7-8-16(3)14-19/h7-15,17-18H,1-6H3,(H,25,29). The SMILES string of the molecule is COc1ccc(OC(C)c2nnc(SC(C)C(=O)Nc3cccc(C)c3)n2C(C)C)cc1. The van der Waals surface area contributed by atoms with Gasteiger partial charge >= 0.3 is 0 Å². The molecule has 0 bridgehead atoms. The Morgan fingerprint density at radius 1 is 1.03 bits per heavy atom. The second-order valence-electron chi connectivity index (χ2n) is 7.86. The highest BCUT2D eigenvalue weighted by molar-refractivity contribution is 8.00. The summed E-state index contributed by atoms with van der Waals surface area (Å²) < 4.78 is 13.3. The number of aromatic nitrogens is 3. The van der Waals surface area contributed by atoms with E-state index in [0.29, 0.717) is 11.0 Å². The average Bonchev–Trinajstić information content (AvgIpc) is 3.18. The number of hydrogen-bond acceptors (Lipinski definition) is 6. The van der Waals surface area contributed by atoms with Gasteiger partial charge in [0.05, 0.1) is 12.4 Å². The molecule has 0 aliphatic heterocycles. The van der Waals surface area contributed by atoms with Gasteiger partial charge in [-0.25, -0.2) is 0 Å². The van der Waals surface area contributed by atoms with E-state index in [2.05, 4.69) is 29.4 Å². The van der Waals surface area contributed by atoms with Gasteiger partial charge in [-0.2, -0.15) is 0 Å². The van der Waals surface area contributed by atoms with Crippen molar-refractivity contribution in [1.29, 1.82) is 0 Å². The van der Waals surface area contributed by atoms with Crippen LogP contribution in [0.5, 0.6) is 11.5 Å². The fraction of sp³-hybridized carbons (Fsp3) is 0.375. The number of hydrogen-bond donors (Lipinski definition) is 1. The van der Waals surface area contributed by atoms with Gasteiger partial charge in [0, 0.05) is 11.7 Å². The van der Waals surface area contributed by atoms with Gasteiger partial charge < -0.3 is 19.4 Å². The number of benzene rings is 2. The van der Waals surface area contributed by atoms with Crippen molar-refractivity contribution in [3.63, 3.8) is 0 Å². The van der Waals surface area contributed by atoms with Gasteiger partial charge in [0.15, 0.2) is 17.1 Å². The van der Waals surface area contributed by atoms with Crippen molar-refractivity contribution in [1.82, 2.24) is 14.8 Å². The van der Waals surface area contributed by atoms with E-state index in [1.54, 1.807) is 7.11 Å². The molecule has 3 rings (SSSR count). The number of thioether (sulfide) groups is 1. The lowest BCUT2D eigenvalue weighted by atomic mass is 10.2. The largest absolute Gasteiger partial charge is 0.497 e. The van der Waals surface area contributed by atoms with E-state index in [1.807, 2.05) is 73.9 Å². The number of amides is 1. The first-order chi connectivity index (χ1) is 15.3. The third kappa shape index (κ3) is 5.82. The molecular formula is C24H30N4O3S. The maximum Gasteiger partial charge on any atom is 0.237 e. The maximum absolute atomic E-state index is 12.7. The van der Waals surface area contributed by atoms with E-state index in [0.717, 1.165) is 22.7 Å². The minimum absolute atomic E-state index is 0.0806. The number of carbonyl (C=O) groups excluding carboxylic acids is 1. The Hall–Kier alpha value is -3.00. The third-order valence-electron chi connectivity index (χ3n) is 4.88. The molecule has 1 aromatic heterocycles. The Bertz CT molecular complexity index is 1050. The average molecular weight is 455 g/mol. The number of rotatable bonds is 9. The fourth-order valence-corrected chi connectivity index (χ4v) is 4.21. The lowest BCUT2D eigenvalue weighted by Gasteiger charge is -2.20. The number of carbonyl (C=O) groups is 1. The number of anilines is 1. The second kappa shape index (κ2) is 10.5. The first kappa shape index (κ1) is 23.7. The molecule has 0 fully saturated rings. The molecule has 0 radical (unpaired) electrons. The number of aryl methyl sites for hydroxylation is 1. The Balaban J connectivity index is 1.72. The summed E-state index contributed by atoms with van der Waals surface area (Å²) in [6, 6.07) is 15.3. The summed E-state index contributed by atoms with van der Waals surface area (Å²) in [7, 11) is 1.63. The molecular weight excluding hydrogens is 424 g/mol. The van der Waals surface area contributed by atoms with E-state index >= 15 is 0 Å². The van der Waals surface area contributed by atoms with Crippen LogP contribution in [0.4, 0.5) is 5.69 Å². The highest BCUT2D eigenvalue weighted by Crippen LogP contribution is 2.30. The van der Waals surface area contributed by atoms with E-state index in [9.17, 15) is 4.79 Å². The van der Waals surface area contributed by atoms with Crippen molar-refractivity contribution in [3.05, 3.63) is 59.9 Å². The van der Waals surface area contributed by atoms with E-state index in [-0.39, 0.29) is 23.3 Å². The number of ether oxygens (including phenoxy) is 2. The summed E-state index contributed by atoms with van der Waals surface area (Å²) in [6.07, 6.45) is -0.316. The Morgan fingerprint density at radius 2 is 1.72 bits per heavy atom. The zero-order chi connectivity index (χ0) is 23.3. The molecule has 2 atom stereocenters. The van der Waals surface area contributed by atoms with Crippen LogP contribution in [0, 0.1) is 6.92 Å². The van der Waals surface area contributed by atoms with Crippen LogP contribution in [0.15, 0.2) is 53.7 Å². The predicted octanol–water partition coefficient (Wildman–Crippen LogP) is 5.44. The molecule has 2 aromatic carbocycles. The predicted molar refractivity (Wildman–Crippen MR) is 128 cm³/mol. The molecule has 0 aliphatic rings. The smallest absolute Gasteiger partial charge is 0.237 e. The quantitative estimate of drug-likeness (QED) is 0.434. The fourth-order valence-electron chi connectivity index (χ4n) is 3.22. The molecule has 0 spiro atoms. The highest BCUT2D eigenvalue weighted by atomic mass is 32.2. The van der Waals surface area contributed by atoms with E-state index < -0.39 is 0 Å². The molecule has 0 saturated carbocycles. The van der Waals surface area contributed by atoms with Crippen molar-refractivity contribution in [3.8, 4) is 11.5 Å². The molecule has 7 nitrogen and oxygen atoms in total. The molecule has 1 amide bonds.